The highest BCUT2D eigenvalue weighted by molar-refractivity contribution is 6.29. The first-order valence-corrected chi connectivity index (χ1v) is 8.90. The van der Waals surface area contributed by atoms with Crippen LogP contribution in [-0.4, -0.2) is 34.2 Å². The van der Waals surface area contributed by atoms with E-state index >= 15 is 0 Å². The molecule has 3 rings (SSSR count). The Morgan fingerprint density at radius 3 is 2.59 bits per heavy atom. The molecule has 2 unspecified atom stereocenters. The number of hydrogen-bond acceptors (Lipinski definition) is 4. The number of carbonyl (C=O) groups excluding carboxylic acids is 3. The number of hydrazine groups is 1. The van der Waals surface area contributed by atoms with Crippen LogP contribution in [0.2, 0.25) is 5.15 Å². The SMILES string of the molecule is CC(c1ccccc1)N1CC(C(=O)NNC(=O)c2cccc(Cl)n2)CC1=O. The number of carbonyl (C=O) groups is 3. The summed E-state index contributed by atoms with van der Waals surface area (Å²) in [4.78, 5) is 42.2. The molecule has 2 atom stereocenters. The van der Waals surface area contributed by atoms with Crippen LogP contribution in [0.4, 0.5) is 0 Å². The Labute approximate surface area is 161 Å². The molecule has 0 spiro atoms. The van der Waals surface area contributed by atoms with Crippen molar-refractivity contribution in [3.05, 3.63) is 64.9 Å². The molecule has 2 aromatic rings. The first-order valence-electron chi connectivity index (χ1n) is 8.53. The number of halogens is 1. The third kappa shape index (κ3) is 4.43. The smallest absolute Gasteiger partial charge is 0.288 e. The summed E-state index contributed by atoms with van der Waals surface area (Å²) in [5.74, 6) is -1.61. The summed E-state index contributed by atoms with van der Waals surface area (Å²) < 4.78 is 0. The molecule has 1 saturated heterocycles. The van der Waals surface area contributed by atoms with Gasteiger partial charge in [-0.05, 0) is 24.6 Å². The Bertz CT molecular complexity index is 859. The normalized spacial score (nSPS) is 17.5. The molecule has 3 amide bonds. The molecular weight excluding hydrogens is 368 g/mol. The van der Waals surface area contributed by atoms with Crippen molar-refractivity contribution in [1.82, 2.24) is 20.7 Å². The Kier molecular flexibility index (Phi) is 5.71. The first kappa shape index (κ1) is 18.8. The minimum Gasteiger partial charge on any atom is -0.335 e. The van der Waals surface area contributed by atoms with Gasteiger partial charge in [-0.25, -0.2) is 4.98 Å². The number of nitrogens with zero attached hydrogens (tertiary/aromatic N) is 2. The van der Waals surface area contributed by atoms with E-state index in [0.29, 0.717) is 6.54 Å². The predicted molar refractivity (Wildman–Crippen MR) is 99.5 cm³/mol. The van der Waals surface area contributed by atoms with Crippen molar-refractivity contribution in [3.63, 3.8) is 0 Å². The largest absolute Gasteiger partial charge is 0.335 e. The standard InChI is InChI=1S/C19H19ClN4O3/c1-12(13-6-3-2-4-7-13)24-11-14(10-17(24)25)18(26)22-23-19(27)15-8-5-9-16(20)21-15/h2-9,12,14H,10-11H2,1H3,(H,22,26)(H,23,27). The van der Waals surface area contributed by atoms with Crippen LogP contribution in [-0.2, 0) is 9.59 Å². The molecule has 1 aliphatic heterocycles. The molecule has 140 valence electrons. The molecule has 1 aliphatic rings. The number of benzene rings is 1. The van der Waals surface area contributed by atoms with E-state index in [0.717, 1.165) is 5.56 Å². The highest BCUT2D eigenvalue weighted by Gasteiger charge is 2.37. The van der Waals surface area contributed by atoms with Gasteiger partial charge in [-0.1, -0.05) is 48.0 Å². The number of nitrogens with one attached hydrogen (secondary N) is 2. The van der Waals surface area contributed by atoms with E-state index in [4.69, 9.17) is 11.6 Å². The van der Waals surface area contributed by atoms with Crippen LogP contribution in [0.25, 0.3) is 0 Å². The summed E-state index contributed by atoms with van der Waals surface area (Å²) in [5.41, 5.74) is 5.76. The van der Waals surface area contributed by atoms with Gasteiger partial charge in [0.1, 0.15) is 10.8 Å². The second kappa shape index (κ2) is 8.18. The Morgan fingerprint density at radius 1 is 1.15 bits per heavy atom. The van der Waals surface area contributed by atoms with Crippen molar-refractivity contribution < 1.29 is 14.4 Å². The van der Waals surface area contributed by atoms with Crippen molar-refractivity contribution >= 4 is 29.3 Å². The summed E-state index contributed by atoms with van der Waals surface area (Å²) in [6, 6.07) is 14.1. The van der Waals surface area contributed by atoms with Gasteiger partial charge in [0.2, 0.25) is 11.8 Å². The van der Waals surface area contributed by atoms with Gasteiger partial charge in [0, 0.05) is 13.0 Å². The van der Waals surface area contributed by atoms with Gasteiger partial charge in [0.25, 0.3) is 5.91 Å². The minimum atomic E-state index is -0.579. The number of rotatable bonds is 4. The molecule has 0 aliphatic carbocycles. The van der Waals surface area contributed by atoms with Crippen LogP contribution in [0, 0.1) is 5.92 Å². The molecular formula is C19H19ClN4O3. The lowest BCUT2D eigenvalue weighted by molar-refractivity contribution is -0.130. The number of hydrogen-bond donors (Lipinski definition) is 2. The fourth-order valence-electron chi connectivity index (χ4n) is 3.01. The third-order valence-electron chi connectivity index (χ3n) is 4.53. The minimum absolute atomic E-state index is 0.0876. The quantitative estimate of drug-likeness (QED) is 0.622. The molecule has 0 radical (unpaired) electrons. The van der Waals surface area contributed by atoms with Crippen LogP contribution in [0.5, 0.6) is 0 Å². The van der Waals surface area contributed by atoms with Gasteiger partial charge in [0.05, 0.1) is 12.0 Å². The fraction of sp³-hybridized carbons (Fsp3) is 0.263. The second-order valence-electron chi connectivity index (χ2n) is 6.32. The number of aromatic nitrogens is 1. The summed E-state index contributed by atoms with van der Waals surface area (Å²) >= 11 is 5.75. The fourth-order valence-corrected chi connectivity index (χ4v) is 3.18. The van der Waals surface area contributed by atoms with Crippen LogP contribution in [0.1, 0.15) is 35.4 Å². The summed E-state index contributed by atoms with van der Waals surface area (Å²) in [5, 5.41) is 0.181. The first-order chi connectivity index (χ1) is 13.0. The highest BCUT2D eigenvalue weighted by atomic mass is 35.5. The predicted octanol–water partition coefficient (Wildman–Crippen LogP) is 2.11. The molecule has 1 fully saturated rings. The molecule has 7 nitrogen and oxygen atoms in total. The van der Waals surface area contributed by atoms with Gasteiger partial charge in [0.15, 0.2) is 0 Å². The molecule has 2 heterocycles. The van der Waals surface area contributed by atoms with E-state index < -0.39 is 17.7 Å². The zero-order valence-electron chi connectivity index (χ0n) is 14.7. The topological polar surface area (TPSA) is 91.4 Å². The maximum absolute atomic E-state index is 12.3. The Hall–Kier alpha value is -2.93. The zero-order chi connectivity index (χ0) is 19.4. The van der Waals surface area contributed by atoms with Crippen molar-refractivity contribution in [2.75, 3.05) is 6.54 Å². The van der Waals surface area contributed by atoms with Crippen molar-refractivity contribution in [3.8, 4) is 0 Å². The van der Waals surface area contributed by atoms with Gasteiger partial charge in [-0.15, -0.1) is 0 Å². The lowest BCUT2D eigenvalue weighted by Gasteiger charge is -2.25. The van der Waals surface area contributed by atoms with Gasteiger partial charge in [-0.3, -0.25) is 25.2 Å². The summed E-state index contributed by atoms with van der Waals surface area (Å²) in [6.45, 7) is 2.23. The second-order valence-corrected chi connectivity index (χ2v) is 6.71. The molecule has 2 N–H and O–H groups in total. The molecule has 0 bridgehead atoms. The van der Waals surface area contributed by atoms with E-state index in [1.54, 1.807) is 17.0 Å². The number of pyridine rings is 1. The van der Waals surface area contributed by atoms with E-state index in [9.17, 15) is 14.4 Å². The number of likely N-dealkylation sites (tertiary alicyclic amines) is 1. The summed E-state index contributed by atoms with van der Waals surface area (Å²) in [6.07, 6.45) is 0.105. The van der Waals surface area contributed by atoms with E-state index in [-0.39, 0.29) is 29.2 Å². The van der Waals surface area contributed by atoms with Crippen molar-refractivity contribution in [2.45, 2.75) is 19.4 Å². The molecule has 0 saturated carbocycles. The van der Waals surface area contributed by atoms with Crippen LogP contribution < -0.4 is 10.9 Å². The van der Waals surface area contributed by atoms with E-state index in [2.05, 4.69) is 15.8 Å². The number of amides is 3. The van der Waals surface area contributed by atoms with Crippen LogP contribution >= 0.6 is 11.6 Å². The van der Waals surface area contributed by atoms with Crippen LogP contribution in [0.15, 0.2) is 48.5 Å². The van der Waals surface area contributed by atoms with Crippen LogP contribution in [0.3, 0.4) is 0 Å². The van der Waals surface area contributed by atoms with Gasteiger partial charge in [-0.2, -0.15) is 0 Å². The Morgan fingerprint density at radius 2 is 1.89 bits per heavy atom. The summed E-state index contributed by atoms with van der Waals surface area (Å²) in [7, 11) is 0. The van der Waals surface area contributed by atoms with E-state index in [1.807, 2.05) is 37.3 Å². The molecule has 1 aromatic carbocycles. The maximum atomic E-state index is 12.3. The highest BCUT2D eigenvalue weighted by Crippen LogP contribution is 2.28. The Balaban J connectivity index is 1.57. The average molecular weight is 387 g/mol. The molecule has 1 aromatic heterocycles. The lowest BCUT2D eigenvalue weighted by atomic mass is 10.1. The lowest BCUT2D eigenvalue weighted by Crippen LogP contribution is -2.45. The third-order valence-corrected chi connectivity index (χ3v) is 4.74. The van der Waals surface area contributed by atoms with Crippen molar-refractivity contribution in [1.29, 1.82) is 0 Å². The molecule has 8 heteroatoms. The monoisotopic (exact) mass is 386 g/mol. The van der Waals surface area contributed by atoms with E-state index in [1.165, 1.54) is 6.07 Å². The zero-order valence-corrected chi connectivity index (χ0v) is 15.4. The van der Waals surface area contributed by atoms with Gasteiger partial charge >= 0.3 is 0 Å². The van der Waals surface area contributed by atoms with Crippen molar-refractivity contribution in [2.24, 2.45) is 5.92 Å². The maximum Gasteiger partial charge on any atom is 0.288 e. The molecule has 27 heavy (non-hydrogen) atoms. The average Bonchev–Trinajstić information content (AvgIpc) is 3.07. The van der Waals surface area contributed by atoms with Gasteiger partial charge < -0.3 is 4.90 Å².